The number of anilines is 2. The molecule has 0 radical (unpaired) electrons. The first kappa shape index (κ1) is 24.4. The SMILES string of the molecule is CN1CCC(CNC(=O)c2nc[nH]c2C(=O)Nc2ccc(NC(=O)c3ccc(F)cc3Cl)cc2)C1. The highest BCUT2D eigenvalue weighted by Gasteiger charge is 2.23. The van der Waals surface area contributed by atoms with E-state index in [1.165, 1.54) is 12.4 Å². The van der Waals surface area contributed by atoms with E-state index in [1.54, 1.807) is 24.3 Å². The van der Waals surface area contributed by atoms with Gasteiger partial charge in [-0.25, -0.2) is 9.37 Å². The molecule has 1 aliphatic rings. The quantitative estimate of drug-likeness (QED) is 0.398. The van der Waals surface area contributed by atoms with Gasteiger partial charge >= 0.3 is 0 Å². The number of H-pyrrole nitrogens is 1. The van der Waals surface area contributed by atoms with Crippen LogP contribution in [0.5, 0.6) is 0 Å². The standard InChI is InChI=1S/C24H24ClFN6O3/c1-32-9-8-14(12-32)11-27-23(34)20-21(29-13-28-20)24(35)31-17-5-3-16(4-6-17)30-22(33)18-7-2-15(26)10-19(18)25/h2-7,10,13-14H,8-9,11-12H2,1H3,(H,27,34)(H,28,29)(H,30,33)(H,31,35). The number of carbonyl (C=O) groups excluding carboxylic acids is 3. The Morgan fingerprint density at radius 1 is 1.09 bits per heavy atom. The third kappa shape index (κ3) is 6.03. The minimum Gasteiger partial charge on any atom is -0.350 e. The molecule has 0 spiro atoms. The summed E-state index contributed by atoms with van der Waals surface area (Å²) in [7, 11) is 2.04. The van der Waals surface area contributed by atoms with Crippen LogP contribution in [0.1, 0.15) is 37.8 Å². The molecule has 1 aliphatic heterocycles. The second-order valence-corrected chi connectivity index (χ2v) is 8.77. The number of aromatic nitrogens is 2. The summed E-state index contributed by atoms with van der Waals surface area (Å²) in [5.41, 5.74) is 1.11. The first-order chi connectivity index (χ1) is 16.8. The Balaban J connectivity index is 1.34. The number of halogens is 2. The number of imidazole rings is 1. The molecule has 1 atom stereocenters. The van der Waals surface area contributed by atoms with Crippen molar-refractivity contribution in [3.63, 3.8) is 0 Å². The molecule has 2 heterocycles. The lowest BCUT2D eigenvalue weighted by Crippen LogP contribution is -2.32. The Bertz CT molecular complexity index is 1250. The normalized spacial score (nSPS) is 15.6. The maximum absolute atomic E-state index is 13.2. The molecule has 3 amide bonds. The van der Waals surface area contributed by atoms with Crippen LogP contribution in [0.15, 0.2) is 48.8 Å². The fourth-order valence-electron chi connectivity index (χ4n) is 3.86. The zero-order valence-corrected chi connectivity index (χ0v) is 19.7. The lowest BCUT2D eigenvalue weighted by Gasteiger charge is -2.11. The third-order valence-corrected chi connectivity index (χ3v) is 6.01. The number of hydrogen-bond acceptors (Lipinski definition) is 5. The van der Waals surface area contributed by atoms with E-state index >= 15 is 0 Å². The van der Waals surface area contributed by atoms with Gasteiger partial charge in [0.25, 0.3) is 17.7 Å². The van der Waals surface area contributed by atoms with Gasteiger partial charge in [0.1, 0.15) is 11.5 Å². The van der Waals surface area contributed by atoms with Crippen LogP contribution in [-0.4, -0.2) is 59.3 Å². The number of aromatic amines is 1. The van der Waals surface area contributed by atoms with E-state index in [9.17, 15) is 18.8 Å². The van der Waals surface area contributed by atoms with Crippen LogP contribution in [0.2, 0.25) is 5.02 Å². The van der Waals surface area contributed by atoms with E-state index in [0.717, 1.165) is 31.6 Å². The van der Waals surface area contributed by atoms with E-state index in [2.05, 4.69) is 30.8 Å². The molecule has 182 valence electrons. The molecule has 11 heteroatoms. The number of amides is 3. The average molecular weight is 499 g/mol. The molecule has 0 saturated carbocycles. The monoisotopic (exact) mass is 498 g/mol. The summed E-state index contributed by atoms with van der Waals surface area (Å²) in [6.45, 7) is 2.44. The number of benzene rings is 2. The van der Waals surface area contributed by atoms with Crippen molar-refractivity contribution >= 4 is 40.7 Å². The van der Waals surface area contributed by atoms with Gasteiger partial charge in [0, 0.05) is 24.5 Å². The van der Waals surface area contributed by atoms with E-state index < -0.39 is 23.5 Å². The van der Waals surface area contributed by atoms with Crippen molar-refractivity contribution in [3.05, 3.63) is 76.6 Å². The smallest absolute Gasteiger partial charge is 0.274 e. The summed E-state index contributed by atoms with van der Waals surface area (Å²) >= 11 is 5.93. The van der Waals surface area contributed by atoms with Crippen LogP contribution in [0, 0.1) is 11.7 Å². The summed E-state index contributed by atoms with van der Waals surface area (Å²) in [4.78, 5) is 46.6. The van der Waals surface area contributed by atoms with Gasteiger partial charge in [-0.3, -0.25) is 14.4 Å². The Hall–Kier alpha value is -3.76. The van der Waals surface area contributed by atoms with Crippen LogP contribution in [-0.2, 0) is 0 Å². The van der Waals surface area contributed by atoms with Gasteiger partial charge in [0.05, 0.1) is 16.9 Å². The van der Waals surface area contributed by atoms with Gasteiger partial charge in [-0.15, -0.1) is 0 Å². The summed E-state index contributed by atoms with van der Waals surface area (Å²) in [5.74, 6) is -1.60. The summed E-state index contributed by atoms with van der Waals surface area (Å²) < 4.78 is 13.2. The molecule has 1 saturated heterocycles. The molecule has 0 aliphatic carbocycles. The van der Waals surface area contributed by atoms with Crippen LogP contribution in [0.3, 0.4) is 0 Å². The molecule has 1 fully saturated rings. The molecule has 9 nitrogen and oxygen atoms in total. The number of nitrogens with one attached hydrogen (secondary N) is 4. The van der Waals surface area contributed by atoms with Crippen LogP contribution >= 0.6 is 11.6 Å². The molecular formula is C24H24ClFN6O3. The predicted octanol–water partition coefficient (Wildman–Crippen LogP) is 3.39. The van der Waals surface area contributed by atoms with Crippen molar-refractivity contribution in [2.24, 2.45) is 5.92 Å². The molecule has 1 unspecified atom stereocenters. The van der Waals surface area contributed by atoms with Gasteiger partial charge in [-0.05, 0) is 68.4 Å². The molecule has 2 aromatic carbocycles. The second kappa shape index (κ2) is 10.7. The zero-order chi connectivity index (χ0) is 24.9. The minimum absolute atomic E-state index is 0.00126. The highest BCUT2D eigenvalue weighted by molar-refractivity contribution is 6.34. The lowest BCUT2D eigenvalue weighted by molar-refractivity contribution is 0.0930. The number of likely N-dealkylation sites (tertiary alicyclic amines) is 1. The van der Waals surface area contributed by atoms with E-state index in [4.69, 9.17) is 11.6 Å². The van der Waals surface area contributed by atoms with Crippen molar-refractivity contribution in [2.75, 3.05) is 37.3 Å². The maximum Gasteiger partial charge on any atom is 0.274 e. The van der Waals surface area contributed by atoms with Crippen molar-refractivity contribution in [1.29, 1.82) is 0 Å². The molecule has 1 aromatic heterocycles. The van der Waals surface area contributed by atoms with Crippen LogP contribution in [0.25, 0.3) is 0 Å². The molecule has 0 bridgehead atoms. The highest BCUT2D eigenvalue weighted by Crippen LogP contribution is 2.20. The number of carbonyl (C=O) groups is 3. The van der Waals surface area contributed by atoms with Crippen molar-refractivity contribution in [2.45, 2.75) is 6.42 Å². The average Bonchev–Trinajstić information content (AvgIpc) is 3.48. The molecule has 3 aromatic rings. The zero-order valence-electron chi connectivity index (χ0n) is 18.9. The van der Waals surface area contributed by atoms with Crippen LogP contribution < -0.4 is 16.0 Å². The first-order valence-corrected chi connectivity index (χ1v) is 11.4. The highest BCUT2D eigenvalue weighted by atomic mass is 35.5. The third-order valence-electron chi connectivity index (χ3n) is 5.70. The molecular weight excluding hydrogens is 475 g/mol. The van der Waals surface area contributed by atoms with Gasteiger partial charge in [-0.2, -0.15) is 0 Å². The Morgan fingerprint density at radius 3 is 2.40 bits per heavy atom. The maximum atomic E-state index is 13.2. The number of nitrogens with zero attached hydrogens (tertiary/aromatic N) is 2. The Kier molecular flexibility index (Phi) is 7.42. The summed E-state index contributed by atoms with van der Waals surface area (Å²) in [5, 5.41) is 8.21. The van der Waals surface area contributed by atoms with Crippen LogP contribution in [0.4, 0.5) is 15.8 Å². The molecule has 4 N–H and O–H groups in total. The van der Waals surface area contributed by atoms with Gasteiger partial charge in [0.2, 0.25) is 0 Å². The Morgan fingerprint density at radius 2 is 1.77 bits per heavy atom. The fraction of sp³-hybridized carbons (Fsp3) is 0.250. The number of rotatable bonds is 7. The predicted molar refractivity (Wildman–Crippen MR) is 130 cm³/mol. The lowest BCUT2D eigenvalue weighted by atomic mass is 10.1. The Labute approximate surface area is 206 Å². The summed E-state index contributed by atoms with van der Waals surface area (Å²) in [6, 6.07) is 9.86. The summed E-state index contributed by atoms with van der Waals surface area (Å²) in [6.07, 6.45) is 2.31. The second-order valence-electron chi connectivity index (χ2n) is 8.36. The van der Waals surface area contributed by atoms with E-state index in [-0.39, 0.29) is 22.0 Å². The van der Waals surface area contributed by atoms with E-state index in [0.29, 0.717) is 23.8 Å². The van der Waals surface area contributed by atoms with Gasteiger partial charge < -0.3 is 25.8 Å². The van der Waals surface area contributed by atoms with Crippen molar-refractivity contribution in [3.8, 4) is 0 Å². The van der Waals surface area contributed by atoms with E-state index in [1.807, 2.05) is 7.05 Å². The molecule has 4 rings (SSSR count). The fourth-order valence-corrected chi connectivity index (χ4v) is 4.11. The number of hydrogen-bond donors (Lipinski definition) is 4. The minimum atomic E-state index is -0.536. The van der Waals surface area contributed by atoms with Gasteiger partial charge in [-0.1, -0.05) is 11.6 Å². The van der Waals surface area contributed by atoms with Crippen molar-refractivity contribution in [1.82, 2.24) is 20.2 Å². The first-order valence-electron chi connectivity index (χ1n) is 11.0. The topological polar surface area (TPSA) is 119 Å². The largest absolute Gasteiger partial charge is 0.350 e. The van der Waals surface area contributed by atoms with Gasteiger partial charge in [0.15, 0.2) is 5.69 Å². The van der Waals surface area contributed by atoms with Crippen molar-refractivity contribution < 1.29 is 18.8 Å². The molecule has 35 heavy (non-hydrogen) atoms.